The molecule has 2 aromatic rings. The van der Waals surface area contributed by atoms with Crippen molar-refractivity contribution in [3.63, 3.8) is 0 Å². The van der Waals surface area contributed by atoms with Gasteiger partial charge in [0.25, 0.3) is 5.91 Å². The molecule has 0 heterocycles. The first-order valence-electron chi connectivity index (χ1n) is 6.49. The van der Waals surface area contributed by atoms with Gasteiger partial charge in [-0.15, -0.1) is 0 Å². The lowest BCUT2D eigenvalue weighted by atomic mass is 10.2. The monoisotopic (exact) mass is 320 g/mol. The van der Waals surface area contributed by atoms with Gasteiger partial charge in [-0.3, -0.25) is 9.59 Å². The molecule has 0 fully saturated rings. The van der Waals surface area contributed by atoms with Crippen molar-refractivity contribution in [3.8, 4) is 0 Å². The number of anilines is 2. The van der Waals surface area contributed by atoms with E-state index >= 15 is 0 Å². The Morgan fingerprint density at radius 2 is 1.91 bits per heavy atom. The van der Waals surface area contributed by atoms with E-state index in [2.05, 4.69) is 5.32 Å². The third-order valence-corrected chi connectivity index (χ3v) is 3.36. The predicted molar refractivity (Wildman–Crippen MR) is 84.9 cm³/mol. The number of nitrogens with zero attached hydrogens (tertiary/aromatic N) is 1. The van der Waals surface area contributed by atoms with Crippen molar-refractivity contribution in [2.75, 3.05) is 17.3 Å². The van der Waals surface area contributed by atoms with Crippen molar-refractivity contribution in [3.05, 3.63) is 58.9 Å². The lowest BCUT2D eigenvalue weighted by Crippen LogP contribution is -2.25. The van der Waals surface area contributed by atoms with E-state index in [4.69, 9.17) is 11.6 Å². The summed E-state index contributed by atoms with van der Waals surface area (Å²) in [7, 11) is 1.55. The average molecular weight is 321 g/mol. The summed E-state index contributed by atoms with van der Waals surface area (Å²) >= 11 is 5.85. The maximum atomic E-state index is 13.5. The molecule has 0 saturated heterocycles. The van der Waals surface area contributed by atoms with Crippen LogP contribution in [0.1, 0.15) is 17.3 Å². The van der Waals surface area contributed by atoms with Gasteiger partial charge in [-0.2, -0.15) is 0 Å². The Kier molecular flexibility index (Phi) is 4.78. The van der Waals surface area contributed by atoms with Gasteiger partial charge in [0.2, 0.25) is 5.91 Å². The zero-order valence-corrected chi connectivity index (χ0v) is 12.8. The molecule has 2 amide bonds. The maximum absolute atomic E-state index is 13.5. The van der Waals surface area contributed by atoms with Gasteiger partial charge in [0, 0.05) is 24.6 Å². The predicted octanol–water partition coefficient (Wildman–Crippen LogP) is 3.71. The molecule has 0 radical (unpaired) electrons. The minimum Gasteiger partial charge on any atom is -0.320 e. The largest absolute Gasteiger partial charge is 0.320 e. The average Bonchev–Trinajstić information content (AvgIpc) is 2.46. The number of amides is 2. The van der Waals surface area contributed by atoms with Crippen molar-refractivity contribution in [1.29, 1.82) is 0 Å². The molecule has 1 N–H and O–H groups in total. The fourth-order valence-electron chi connectivity index (χ4n) is 1.89. The van der Waals surface area contributed by atoms with Crippen LogP contribution in [0.2, 0.25) is 5.02 Å². The number of hydrogen-bond acceptors (Lipinski definition) is 2. The van der Waals surface area contributed by atoms with Crippen LogP contribution in [-0.4, -0.2) is 18.9 Å². The van der Waals surface area contributed by atoms with Gasteiger partial charge < -0.3 is 10.2 Å². The molecule has 4 nitrogen and oxygen atoms in total. The van der Waals surface area contributed by atoms with E-state index in [0.29, 0.717) is 16.3 Å². The Morgan fingerprint density at radius 3 is 2.55 bits per heavy atom. The minimum atomic E-state index is -0.512. The van der Waals surface area contributed by atoms with E-state index in [1.54, 1.807) is 25.2 Å². The third-order valence-electron chi connectivity index (χ3n) is 3.13. The number of hydrogen-bond donors (Lipinski definition) is 1. The number of halogens is 2. The number of rotatable bonds is 3. The molecule has 22 heavy (non-hydrogen) atoms. The van der Waals surface area contributed by atoms with Crippen LogP contribution in [0, 0.1) is 5.82 Å². The van der Waals surface area contributed by atoms with Crippen LogP contribution in [0.5, 0.6) is 0 Å². The molecule has 6 heteroatoms. The Balaban J connectivity index is 2.34. The molecule has 2 rings (SSSR count). The summed E-state index contributed by atoms with van der Waals surface area (Å²) in [6.45, 7) is 1.38. The van der Waals surface area contributed by atoms with E-state index < -0.39 is 11.7 Å². The Hall–Kier alpha value is -2.40. The topological polar surface area (TPSA) is 49.4 Å². The summed E-state index contributed by atoms with van der Waals surface area (Å²) < 4.78 is 13.5. The number of carbonyl (C=O) groups is 2. The van der Waals surface area contributed by atoms with E-state index in [-0.39, 0.29) is 11.6 Å². The third kappa shape index (κ3) is 3.62. The highest BCUT2D eigenvalue weighted by molar-refractivity contribution is 6.31. The lowest BCUT2D eigenvalue weighted by molar-refractivity contribution is -0.116. The zero-order valence-electron chi connectivity index (χ0n) is 12.1. The van der Waals surface area contributed by atoms with Crippen LogP contribution in [0.25, 0.3) is 0 Å². The smallest absolute Gasteiger partial charge is 0.255 e. The van der Waals surface area contributed by atoms with Crippen molar-refractivity contribution >= 4 is 34.8 Å². The normalized spacial score (nSPS) is 10.2. The molecule has 0 aliphatic rings. The van der Waals surface area contributed by atoms with Crippen LogP contribution in [0.15, 0.2) is 42.5 Å². The molecule has 0 saturated carbocycles. The van der Waals surface area contributed by atoms with Gasteiger partial charge in [0.15, 0.2) is 0 Å². The van der Waals surface area contributed by atoms with Crippen molar-refractivity contribution in [2.24, 2.45) is 0 Å². The van der Waals surface area contributed by atoms with Crippen molar-refractivity contribution < 1.29 is 14.0 Å². The molecule has 0 spiro atoms. The number of nitrogens with one attached hydrogen (secondary N) is 1. The molecule has 0 unspecified atom stereocenters. The molecule has 114 valence electrons. The van der Waals surface area contributed by atoms with E-state index in [1.165, 1.54) is 30.0 Å². The number of benzene rings is 2. The quantitative estimate of drug-likeness (QED) is 0.937. The van der Waals surface area contributed by atoms with Gasteiger partial charge in [-0.25, -0.2) is 4.39 Å². The molecule has 0 aliphatic carbocycles. The van der Waals surface area contributed by atoms with Crippen LogP contribution >= 0.6 is 11.6 Å². The van der Waals surface area contributed by atoms with E-state index in [9.17, 15) is 14.0 Å². The highest BCUT2D eigenvalue weighted by atomic mass is 35.5. The second-order valence-corrected chi connectivity index (χ2v) is 5.14. The fourth-order valence-corrected chi connectivity index (χ4v) is 2.08. The van der Waals surface area contributed by atoms with Crippen molar-refractivity contribution in [2.45, 2.75) is 6.92 Å². The minimum absolute atomic E-state index is 0.211. The van der Waals surface area contributed by atoms with Gasteiger partial charge in [0.1, 0.15) is 5.82 Å². The summed E-state index contributed by atoms with van der Waals surface area (Å²) in [4.78, 5) is 25.0. The highest BCUT2D eigenvalue weighted by Crippen LogP contribution is 2.27. The second kappa shape index (κ2) is 6.58. The Bertz CT molecular complexity index is 734. The van der Waals surface area contributed by atoms with Crippen LogP contribution in [0.4, 0.5) is 15.8 Å². The lowest BCUT2D eigenvalue weighted by Gasteiger charge is -2.19. The first kappa shape index (κ1) is 16.0. The molecular formula is C16H14ClFN2O2. The Morgan fingerprint density at radius 1 is 1.18 bits per heavy atom. The van der Waals surface area contributed by atoms with Gasteiger partial charge in [-0.1, -0.05) is 17.7 Å². The van der Waals surface area contributed by atoms with Crippen LogP contribution in [-0.2, 0) is 4.79 Å². The van der Waals surface area contributed by atoms with Gasteiger partial charge in [-0.05, 0) is 36.4 Å². The molecule has 0 atom stereocenters. The van der Waals surface area contributed by atoms with Gasteiger partial charge in [0.05, 0.1) is 11.4 Å². The first-order valence-corrected chi connectivity index (χ1v) is 6.87. The van der Waals surface area contributed by atoms with Crippen LogP contribution in [0.3, 0.4) is 0 Å². The van der Waals surface area contributed by atoms with Crippen LogP contribution < -0.4 is 10.2 Å². The summed E-state index contributed by atoms with van der Waals surface area (Å²) in [5.41, 5.74) is 0.958. The van der Waals surface area contributed by atoms with Crippen molar-refractivity contribution in [1.82, 2.24) is 0 Å². The van der Waals surface area contributed by atoms with E-state index in [1.807, 2.05) is 0 Å². The van der Waals surface area contributed by atoms with E-state index in [0.717, 1.165) is 6.07 Å². The number of carbonyl (C=O) groups excluding carboxylic acids is 2. The summed E-state index contributed by atoms with van der Waals surface area (Å²) in [6, 6.07) is 10.2. The fraction of sp³-hybridized carbons (Fsp3) is 0.125. The second-order valence-electron chi connectivity index (χ2n) is 4.70. The summed E-state index contributed by atoms with van der Waals surface area (Å²) in [5, 5.41) is 3.02. The molecule has 0 bridgehead atoms. The molecule has 0 aliphatic heterocycles. The Labute approximate surface area is 132 Å². The highest BCUT2D eigenvalue weighted by Gasteiger charge is 2.15. The standard InChI is InChI=1S/C16H14ClFN2O2/c1-10(21)20(2)15-7-6-13(18)9-14(15)19-16(22)11-4-3-5-12(17)8-11/h3-9H,1-2H3,(H,19,22). The maximum Gasteiger partial charge on any atom is 0.255 e. The van der Waals surface area contributed by atoms with Gasteiger partial charge >= 0.3 is 0 Å². The SMILES string of the molecule is CC(=O)N(C)c1ccc(F)cc1NC(=O)c1cccc(Cl)c1. The summed E-state index contributed by atoms with van der Waals surface area (Å²) in [6.07, 6.45) is 0. The summed E-state index contributed by atoms with van der Waals surface area (Å²) in [5.74, 6) is -1.18. The molecule has 2 aromatic carbocycles. The first-order chi connectivity index (χ1) is 10.4. The molecular weight excluding hydrogens is 307 g/mol. The molecule has 0 aromatic heterocycles. The zero-order chi connectivity index (χ0) is 16.3.